The molecule has 0 aliphatic rings. The van der Waals surface area contributed by atoms with E-state index in [-0.39, 0.29) is 0 Å². The van der Waals surface area contributed by atoms with E-state index in [1.165, 1.54) is 0 Å². The zero-order valence-electron chi connectivity index (χ0n) is 13.6. The molecule has 0 fully saturated rings. The summed E-state index contributed by atoms with van der Waals surface area (Å²) in [6, 6.07) is 13.2. The maximum atomic E-state index is 13.6. The van der Waals surface area contributed by atoms with Gasteiger partial charge in [-0.05, 0) is 34.9 Å². The minimum Gasteiger partial charge on any atom is -0.378 e. The van der Waals surface area contributed by atoms with Crippen LogP contribution in [0, 0.1) is 0 Å². The summed E-state index contributed by atoms with van der Waals surface area (Å²) in [5.41, 5.74) is 1.77. The molecule has 2 rings (SSSR count). The highest BCUT2D eigenvalue weighted by atomic mass is 31.1. The van der Waals surface area contributed by atoms with Gasteiger partial charge < -0.3 is 9.80 Å². The summed E-state index contributed by atoms with van der Waals surface area (Å²) in [6.07, 6.45) is 0. The third-order valence-corrected chi connectivity index (χ3v) is 5.64. The molecule has 0 aromatic heterocycles. The normalized spacial score (nSPS) is 11.7. The number of alkyl halides is 3. The van der Waals surface area contributed by atoms with Crippen LogP contribution in [0.1, 0.15) is 0 Å². The second-order valence-electron chi connectivity index (χ2n) is 5.62. The van der Waals surface area contributed by atoms with Gasteiger partial charge in [-0.25, -0.2) is 0 Å². The molecule has 0 saturated heterocycles. The summed E-state index contributed by atoms with van der Waals surface area (Å²) in [4.78, 5) is 3.73. The lowest BCUT2D eigenvalue weighted by Gasteiger charge is -2.23. The lowest BCUT2D eigenvalue weighted by Crippen LogP contribution is -2.23. The molecule has 0 N–H and O–H groups in total. The molecule has 0 amide bonds. The first-order chi connectivity index (χ1) is 10.7. The van der Waals surface area contributed by atoms with Crippen LogP contribution in [0.15, 0.2) is 48.5 Å². The summed E-state index contributed by atoms with van der Waals surface area (Å²) in [5, 5.41) is 0.631. The van der Waals surface area contributed by atoms with Gasteiger partial charge in [0, 0.05) is 39.6 Å². The smallest absolute Gasteiger partial charge is 0.378 e. The Labute approximate surface area is 136 Å². The lowest BCUT2D eigenvalue weighted by atomic mass is 10.3. The monoisotopic (exact) mass is 340 g/mol. The van der Waals surface area contributed by atoms with E-state index in [9.17, 15) is 13.2 Å². The molecule has 2 aromatic carbocycles. The number of benzene rings is 2. The van der Waals surface area contributed by atoms with Crippen LogP contribution >= 0.6 is 7.92 Å². The van der Waals surface area contributed by atoms with Gasteiger partial charge >= 0.3 is 5.92 Å². The summed E-state index contributed by atoms with van der Waals surface area (Å²) in [6.45, 7) is 0. The molecule has 2 aromatic rings. The molecule has 0 radical (unpaired) electrons. The Kier molecular flexibility index (Phi) is 5.20. The van der Waals surface area contributed by atoms with Gasteiger partial charge in [-0.3, -0.25) is 0 Å². The van der Waals surface area contributed by atoms with E-state index in [0.717, 1.165) is 11.4 Å². The molecular weight excluding hydrogens is 320 g/mol. The molecule has 0 saturated carbocycles. The van der Waals surface area contributed by atoms with E-state index >= 15 is 0 Å². The van der Waals surface area contributed by atoms with E-state index in [4.69, 9.17) is 0 Å². The van der Waals surface area contributed by atoms with Crippen LogP contribution in [-0.2, 0) is 0 Å². The summed E-state index contributed by atoms with van der Waals surface area (Å²) >= 11 is 0. The molecular formula is C17H20F3N2P. The fraction of sp³-hybridized carbons (Fsp3) is 0.294. The van der Waals surface area contributed by atoms with Crippen molar-refractivity contribution < 1.29 is 13.2 Å². The average Bonchev–Trinajstić information content (AvgIpc) is 2.47. The largest absolute Gasteiger partial charge is 0.413 e. The Hall–Kier alpha value is -1.74. The highest BCUT2D eigenvalue weighted by Gasteiger charge is 2.41. The van der Waals surface area contributed by atoms with E-state index < -0.39 is 13.8 Å². The Balaban J connectivity index is 2.41. The molecule has 0 heterocycles. The van der Waals surface area contributed by atoms with Crippen molar-refractivity contribution in [3.8, 4) is 0 Å². The van der Waals surface area contributed by atoms with Crippen molar-refractivity contribution in [1.82, 2.24) is 0 Å². The molecule has 0 unspecified atom stereocenters. The second-order valence-corrected chi connectivity index (χ2v) is 7.84. The second kappa shape index (κ2) is 6.79. The van der Waals surface area contributed by atoms with Gasteiger partial charge in [-0.1, -0.05) is 24.3 Å². The molecule has 124 valence electrons. The lowest BCUT2D eigenvalue weighted by molar-refractivity contribution is -0.0379. The third kappa shape index (κ3) is 4.17. The van der Waals surface area contributed by atoms with Gasteiger partial charge in [0.2, 0.25) is 0 Å². The van der Waals surface area contributed by atoms with Crippen molar-refractivity contribution in [3.63, 3.8) is 0 Å². The Bertz CT molecular complexity index is 583. The molecule has 0 aliphatic heterocycles. The van der Waals surface area contributed by atoms with Crippen LogP contribution in [0.25, 0.3) is 0 Å². The fourth-order valence-corrected chi connectivity index (χ4v) is 4.02. The van der Waals surface area contributed by atoms with E-state index in [2.05, 4.69) is 0 Å². The standard InChI is InChI=1S/C17H20F3N2P/c1-21(2)13-5-9-15(10-6-13)23(17(18,19)20)16-11-7-14(8-12-16)22(3)4/h5-12H,1-4H3. The minimum absolute atomic E-state index is 0.315. The van der Waals surface area contributed by atoms with Gasteiger partial charge in [0.25, 0.3) is 0 Å². The van der Waals surface area contributed by atoms with Crippen LogP contribution in [0.5, 0.6) is 0 Å². The van der Waals surface area contributed by atoms with Crippen molar-refractivity contribution in [3.05, 3.63) is 48.5 Å². The van der Waals surface area contributed by atoms with Crippen molar-refractivity contribution in [1.29, 1.82) is 0 Å². The maximum Gasteiger partial charge on any atom is 0.413 e. The van der Waals surface area contributed by atoms with Crippen molar-refractivity contribution in [2.24, 2.45) is 0 Å². The van der Waals surface area contributed by atoms with Gasteiger partial charge in [0.1, 0.15) is 0 Å². The van der Waals surface area contributed by atoms with Crippen LogP contribution in [-0.4, -0.2) is 34.1 Å². The van der Waals surface area contributed by atoms with Crippen LogP contribution in [0.4, 0.5) is 24.5 Å². The molecule has 2 nitrogen and oxygen atoms in total. The van der Waals surface area contributed by atoms with Crippen LogP contribution in [0.2, 0.25) is 0 Å². The first kappa shape index (κ1) is 17.6. The fourth-order valence-electron chi connectivity index (χ4n) is 2.24. The third-order valence-electron chi connectivity index (χ3n) is 3.50. The highest BCUT2D eigenvalue weighted by Crippen LogP contribution is 2.51. The summed E-state index contributed by atoms with van der Waals surface area (Å²) < 4.78 is 40.9. The SMILES string of the molecule is CN(C)c1ccc(P(c2ccc(N(C)C)cc2)C(F)(F)F)cc1. The predicted molar refractivity (Wildman–Crippen MR) is 93.8 cm³/mol. The molecule has 0 spiro atoms. The number of hydrogen-bond donors (Lipinski definition) is 0. The topological polar surface area (TPSA) is 6.48 Å². The average molecular weight is 340 g/mol. The number of hydrogen-bond acceptors (Lipinski definition) is 2. The number of anilines is 2. The van der Waals surface area contributed by atoms with Crippen molar-refractivity contribution >= 4 is 29.9 Å². The molecule has 0 bridgehead atoms. The Morgan fingerprint density at radius 3 is 1.17 bits per heavy atom. The minimum atomic E-state index is -4.27. The van der Waals surface area contributed by atoms with Crippen LogP contribution < -0.4 is 20.4 Å². The first-order valence-corrected chi connectivity index (χ1v) is 8.46. The molecule has 23 heavy (non-hydrogen) atoms. The Morgan fingerprint density at radius 1 is 0.652 bits per heavy atom. The quantitative estimate of drug-likeness (QED) is 0.782. The predicted octanol–water partition coefficient (Wildman–Crippen LogP) is 3.77. The van der Waals surface area contributed by atoms with Crippen molar-refractivity contribution in [2.75, 3.05) is 38.0 Å². The number of rotatable bonds is 4. The highest BCUT2D eigenvalue weighted by molar-refractivity contribution is 7.73. The summed E-state index contributed by atoms with van der Waals surface area (Å²) in [5.74, 6) is -4.27. The number of nitrogens with zero attached hydrogens (tertiary/aromatic N) is 2. The van der Waals surface area contributed by atoms with Gasteiger partial charge in [-0.15, -0.1) is 0 Å². The van der Waals surface area contributed by atoms with E-state index in [1.54, 1.807) is 48.5 Å². The zero-order chi connectivity index (χ0) is 17.2. The van der Waals surface area contributed by atoms with Crippen LogP contribution in [0.3, 0.4) is 0 Å². The summed E-state index contributed by atoms with van der Waals surface area (Å²) in [7, 11) is 5.06. The number of halogens is 3. The molecule has 0 atom stereocenters. The van der Waals surface area contributed by atoms with E-state index in [0.29, 0.717) is 10.6 Å². The van der Waals surface area contributed by atoms with E-state index in [1.807, 2.05) is 38.0 Å². The van der Waals surface area contributed by atoms with Gasteiger partial charge in [0.15, 0.2) is 0 Å². The maximum absolute atomic E-state index is 13.6. The molecule has 0 aliphatic carbocycles. The molecule has 6 heteroatoms. The Morgan fingerprint density at radius 2 is 0.957 bits per heavy atom. The first-order valence-electron chi connectivity index (χ1n) is 7.12. The van der Waals surface area contributed by atoms with Crippen molar-refractivity contribution in [2.45, 2.75) is 5.92 Å². The van der Waals surface area contributed by atoms with Gasteiger partial charge in [-0.2, -0.15) is 13.2 Å². The zero-order valence-corrected chi connectivity index (χ0v) is 14.5. The van der Waals surface area contributed by atoms with Gasteiger partial charge in [0.05, 0.1) is 7.92 Å².